The summed E-state index contributed by atoms with van der Waals surface area (Å²) in [5.74, 6) is 0.356. The number of rotatable bonds is 6. The summed E-state index contributed by atoms with van der Waals surface area (Å²) in [6.07, 6.45) is 6.05. The fourth-order valence-electron chi connectivity index (χ4n) is 3.26. The number of nitrogens with zero attached hydrogens (tertiary/aromatic N) is 1. The van der Waals surface area contributed by atoms with Gasteiger partial charge in [0, 0.05) is 18.7 Å². The smallest absolute Gasteiger partial charge is 0.223 e. The van der Waals surface area contributed by atoms with Crippen LogP contribution in [0.2, 0.25) is 0 Å². The van der Waals surface area contributed by atoms with Gasteiger partial charge in [0.05, 0.1) is 6.20 Å². The van der Waals surface area contributed by atoms with E-state index in [1.165, 1.54) is 12.3 Å². The van der Waals surface area contributed by atoms with Gasteiger partial charge in [0.1, 0.15) is 5.75 Å². The molecule has 5 nitrogen and oxygen atoms in total. The molecule has 3 N–H and O–H groups in total. The predicted octanol–water partition coefficient (Wildman–Crippen LogP) is 3.85. The molecule has 2 atom stereocenters. The van der Waals surface area contributed by atoms with E-state index in [2.05, 4.69) is 10.3 Å². The van der Waals surface area contributed by atoms with Crippen molar-refractivity contribution < 1.29 is 13.9 Å². The quantitative estimate of drug-likeness (QED) is 0.750. The lowest BCUT2D eigenvalue weighted by atomic mass is 9.95. The first-order chi connectivity index (χ1) is 12.2. The van der Waals surface area contributed by atoms with Gasteiger partial charge in [-0.05, 0) is 55.1 Å². The molecule has 1 saturated carbocycles. The second-order valence-electron chi connectivity index (χ2n) is 6.31. The second kappa shape index (κ2) is 11.1. The van der Waals surface area contributed by atoms with Crippen molar-refractivity contribution in [2.45, 2.75) is 25.8 Å². The minimum Gasteiger partial charge on any atom is -0.453 e. The van der Waals surface area contributed by atoms with Gasteiger partial charge in [0.15, 0.2) is 11.6 Å². The van der Waals surface area contributed by atoms with E-state index in [1.807, 2.05) is 0 Å². The summed E-state index contributed by atoms with van der Waals surface area (Å²) in [7, 11) is 0. The van der Waals surface area contributed by atoms with Crippen molar-refractivity contribution in [3.8, 4) is 11.5 Å². The lowest BCUT2D eigenvalue weighted by Crippen LogP contribution is -2.34. The normalized spacial score (nSPS) is 18.1. The van der Waals surface area contributed by atoms with Gasteiger partial charge in [0.25, 0.3) is 0 Å². The van der Waals surface area contributed by atoms with E-state index in [-0.39, 0.29) is 54.9 Å². The molecule has 1 heterocycles. The average molecular weight is 416 g/mol. The molecule has 0 saturated heterocycles. The van der Waals surface area contributed by atoms with Crippen LogP contribution in [0.1, 0.15) is 24.8 Å². The Kier molecular flexibility index (Phi) is 9.49. The Labute approximate surface area is 170 Å². The van der Waals surface area contributed by atoms with Crippen LogP contribution in [0.3, 0.4) is 0 Å². The fraction of sp³-hybridized carbons (Fsp3) is 0.368. The van der Waals surface area contributed by atoms with Crippen molar-refractivity contribution in [1.82, 2.24) is 10.3 Å². The van der Waals surface area contributed by atoms with Crippen LogP contribution in [0.4, 0.5) is 4.39 Å². The van der Waals surface area contributed by atoms with Gasteiger partial charge in [-0.25, -0.2) is 4.39 Å². The largest absolute Gasteiger partial charge is 0.453 e. The van der Waals surface area contributed by atoms with Crippen molar-refractivity contribution in [3.05, 3.63) is 54.1 Å². The number of carbonyl (C=O) groups excluding carboxylic acids is 1. The number of amides is 1. The highest BCUT2D eigenvalue weighted by atomic mass is 35.5. The molecule has 2 aromatic rings. The number of hydrogen-bond acceptors (Lipinski definition) is 4. The van der Waals surface area contributed by atoms with Gasteiger partial charge in [-0.3, -0.25) is 9.78 Å². The van der Waals surface area contributed by atoms with Crippen LogP contribution >= 0.6 is 24.8 Å². The molecule has 0 aliphatic heterocycles. The summed E-state index contributed by atoms with van der Waals surface area (Å²) < 4.78 is 19.7. The number of nitrogens with one attached hydrogen (secondary N) is 1. The van der Waals surface area contributed by atoms with Gasteiger partial charge in [-0.1, -0.05) is 12.5 Å². The Hall–Kier alpha value is -1.89. The lowest BCUT2D eigenvalue weighted by molar-refractivity contribution is -0.126. The molecule has 0 unspecified atom stereocenters. The molecule has 1 fully saturated rings. The molecule has 1 aliphatic carbocycles. The first-order valence-electron chi connectivity index (χ1n) is 8.51. The minimum absolute atomic E-state index is 0. The molecule has 1 aromatic carbocycles. The Morgan fingerprint density at radius 3 is 2.78 bits per heavy atom. The fourth-order valence-corrected chi connectivity index (χ4v) is 3.26. The number of aromatic nitrogens is 1. The van der Waals surface area contributed by atoms with E-state index in [9.17, 15) is 9.18 Å². The Balaban J connectivity index is 0.00000182. The van der Waals surface area contributed by atoms with E-state index in [4.69, 9.17) is 10.5 Å². The number of benzene rings is 1. The van der Waals surface area contributed by atoms with Crippen LogP contribution in [0, 0.1) is 17.7 Å². The highest BCUT2D eigenvalue weighted by Gasteiger charge is 2.31. The molecule has 27 heavy (non-hydrogen) atoms. The van der Waals surface area contributed by atoms with E-state index < -0.39 is 5.82 Å². The Morgan fingerprint density at radius 2 is 2.11 bits per heavy atom. The van der Waals surface area contributed by atoms with E-state index >= 15 is 0 Å². The molecule has 148 valence electrons. The SMILES string of the molecule is Cl.Cl.NC[C@H]1CCC[C@H]1C(=O)NCc1ccc(Oc2cccnc2)c(F)c1. The van der Waals surface area contributed by atoms with Crippen molar-refractivity contribution >= 4 is 30.7 Å². The molecule has 0 radical (unpaired) electrons. The number of ether oxygens (including phenoxy) is 1. The number of carbonyl (C=O) groups is 1. The average Bonchev–Trinajstić information content (AvgIpc) is 3.11. The summed E-state index contributed by atoms with van der Waals surface area (Å²) in [6.45, 7) is 0.823. The summed E-state index contributed by atoms with van der Waals surface area (Å²) in [6, 6.07) is 8.10. The van der Waals surface area contributed by atoms with Gasteiger partial charge in [-0.15, -0.1) is 24.8 Å². The third kappa shape index (κ3) is 6.06. The second-order valence-corrected chi connectivity index (χ2v) is 6.31. The van der Waals surface area contributed by atoms with Crippen LogP contribution in [0.25, 0.3) is 0 Å². The summed E-state index contributed by atoms with van der Waals surface area (Å²) >= 11 is 0. The summed E-state index contributed by atoms with van der Waals surface area (Å²) in [4.78, 5) is 16.2. The number of hydrogen-bond donors (Lipinski definition) is 2. The maximum Gasteiger partial charge on any atom is 0.223 e. The lowest BCUT2D eigenvalue weighted by Gasteiger charge is -2.17. The van der Waals surface area contributed by atoms with Crippen LogP contribution in [-0.2, 0) is 11.3 Å². The number of halogens is 3. The first kappa shape index (κ1) is 23.1. The highest BCUT2D eigenvalue weighted by Crippen LogP contribution is 2.31. The zero-order chi connectivity index (χ0) is 17.6. The monoisotopic (exact) mass is 415 g/mol. The molecule has 1 amide bonds. The molecule has 8 heteroatoms. The first-order valence-corrected chi connectivity index (χ1v) is 8.51. The molecule has 3 rings (SSSR count). The van der Waals surface area contributed by atoms with Gasteiger partial charge < -0.3 is 15.8 Å². The van der Waals surface area contributed by atoms with Crippen LogP contribution in [-0.4, -0.2) is 17.4 Å². The Bertz CT molecular complexity index is 734. The third-order valence-corrected chi connectivity index (χ3v) is 4.62. The topological polar surface area (TPSA) is 77.2 Å². The van der Waals surface area contributed by atoms with Crippen LogP contribution in [0.15, 0.2) is 42.7 Å². The van der Waals surface area contributed by atoms with E-state index in [0.29, 0.717) is 17.9 Å². The van der Waals surface area contributed by atoms with Crippen molar-refractivity contribution in [2.24, 2.45) is 17.6 Å². The van der Waals surface area contributed by atoms with E-state index in [1.54, 1.807) is 30.5 Å². The Morgan fingerprint density at radius 1 is 1.30 bits per heavy atom. The van der Waals surface area contributed by atoms with Crippen LogP contribution in [0.5, 0.6) is 11.5 Å². The molecule has 0 spiro atoms. The highest BCUT2D eigenvalue weighted by molar-refractivity contribution is 5.85. The van der Waals surface area contributed by atoms with Gasteiger partial charge in [-0.2, -0.15) is 0 Å². The summed E-state index contributed by atoms with van der Waals surface area (Å²) in [5.41, 5.74) is 6.41. The molecule has 1 aliphatic rings. The zero-order valence-corrected chi connectivity index (χ0v) is 16.4. The van der Waals surface area contributed by atoms with Crippen molar-refractivity contribution in [1.29, 1.82) is 0 Å². The third-order valence-electron chi connectivity index (χ3n) is 4.62. The molecular weight excluding hydrogens is 392 g/mol. The molecule has 0 bridgehead atoms. The molecular formula is C19H24Cl2FN3O2. The molecule has 1 aromatic heterocycles. The standard InChI is InChI=1S/C19H22FN3O2.2ClH/c20-17-9-13(6-7-18(17)25-15-4-2-8-22-12-15)11-23-19(24)16-5-1-3-14(16)10-21;;/h2,4,6-9,12,14,16H,1,3,5,10-11,21H2,(H,23,24);2*1H/t14-,16-;;/m1../s1. The van der Waals surface area contributed by atoms with Crippen LogP contribution < -0.4 is 15.8 Å². The number of pyridine rings is 1. The van der Waals surface area contributed by atoms with E-state index in [0.717, 1.165) is 19.3 Å². The zero-order valence-electron chi connectivity index (χ0n) is 14.8. The van der Waals surface area contributed by atoms with Gasteiger partial charge in [0.2, 0.25) is 5.91 Å². The van der Waals surface area contributed by atoms with Crippen molar-refractivity contribution in [2.75, 3.05) is 6.54 Å². The van der Waals surface area contributed by atoms with Gasteiger partial charge >= 0.3 is 0 Å². The maximum absolute atomic E-state index is 14.2. The minimum atomic E-state index is -0.476. The maximum atomic E-state index is 14.2. The summed E-state index contributed by atoms with van der Waals surface area (Å²) in [5, 5.41) is 2.89. The predicted molar refractivity (Wildman–Crippen MR) is 107 cm³/mol. The number of nitrogens with two attached hydrogens (primary N) is 1. The van der Waals surface area contributed by atoms with Crippen molar-refractivity contribution in [3.63, 3.8) is 0 Å².